The van der Waals surface area contributed by atoms with Crippen molar-refractivity contribution in [3.05, 3.63) is 81.7 Å². The van der Waals surface area contributed by atoms with E-state index >= 15 is 0 Å². The number of fused-ring (bicyclic) bond motifs is 4. The minimum Gasteiger partial charge on any atom is -0.340 e. The monoisotopic (exact) mass is 720 g/mol. The Bertz CT molecular complexity index is 1450. The van der Waals surface area contributed by atoms with Crippen LogP contribution in [0, 0.1) is 0 Å². The molecule has 0 amide bonds. The van der Waals surface area contributed by atoms with Gasteiger partial charge in [-0.05, 0) is 84.6 Å². The molecule has 0 N–H and O–H groups in total. The van der Waals surface area contributed by atoms with Crippen LogP contribution in [0.15, 0.2) is 101 Å². The van der Waals surface area contributed by atoms with E-state index in [0.717, 1.165) is 22.0 Å². The molecule has 0 saturated carbocycles. The molecule has 0 radical (unpaired) electrons. The molecule has 6 rings (SSSR count). The Balaban J connectivity index is 1.32. The number of halogens is 2. The van der Waals surface area contributed by atoms with E-state index in [1.165, 1.54) is 105 Å². The first-order valence-corrected chi connectivity index (χ1v) is 18.6. The summed E-state index contributed by atoms with van der Waals surface area (Å²) < 4.78 is 2.27. The summed E-state index contributed by atoms with van der Waals surface area (Å²) in [6.07, 6.45) is 10.1. The van der Waals surface area contributed by atoms with E-state index in [2.05, 4.69) is 128 Å². The summed E-state index contributed by atoms with van der Waals surface area (Å²) in [6, 6.07) is 27.6. The zero-order valence-electron chi connectivity index (χ0n) is 24.5. The van der Waals surface area contributed by atoms with E-state index < -0.39 is 0 Å². The first kappa shape index (κ1) is 30.2. The first-order chi connectivity index (χ1) is 20.6. The van der Waals surface area contributed by atoms with Crippen LogP contribution in [0.3, 0.4) is 0 Å². The van der Waals surface area contributed by atoms with Gasteiger partial charge < -0.3 is 9.80 Å². The Labute approximate surface area is 276 Å². The second-order valence-electron chi connectivity index (χ2n) is 11.2. The number of unbranched alkanes of at least 4 members (excludes halogenated alkanes) is 6. The van der Waals surface area contributed by atoms with Crippen LogP contribution in [-0.4, -0.2) is 13.1 Å². The molecule has 2 heterocycles. The van der Waals surface area contributed by atoms with Gasteiger partial charge in [0.25, 0.3) is 0 Å². The number of nitrogens with zero attached hydrogens (tertiary/aromatic N) is 2. The lowest BCUT2D eigenvalue weighted by molar-refractivity contribution is 0.665. The average Bonchev–Trinajstić information content (AvgIpc) is 2.99. The van der Waals surface area contributed by atoms with Crippen molar-refractivity contribution < 1.29 is 0 Å². The molecule has 0 unspecified atom stereocenters. The van der Waals surface area contributed by atoms with Gasteiger partial charge in [-0.1, -0.05) is 120 Å². The highest BCUT2D eigenvalue weighted by molar-refractivity contribution is 9.10. The van der Waals surface area contributed by atoms with Crippen molar-refractivity contribution in [2.45, 2.75) is 84.8 Å². The van der Waals surface area contributed by atoms with Gasteiger partial charge in [-0.3, -0.25) is 0 Å². The summed E-state index contributed by atoms with van der Waals surface area (Å²) in [6.45, 7) is 6.67. The molecule has 2 nitrogen and oxygen atoms in total. The van der Waals surface area contributed by atoms with Gasteiger partial charge in [-0.25, -0.2) is 0 Å². The molecule has 42 heavy (non-hydrogen) atoms. The molecule has 0 bridgehead atoms. The molecule has 2 aliphatic rings. The normalized spacial score (nSPS) is 13.4. The second kappa shape index (κ2) is 13.8. The molecule has 4 aromatic carbocycles. The molecule has 2 aliphatic heterocycles. The van der Waals surface area contributed by atoms with Crippen LogP contribution in [0.5, 0.6) is 0 Å². The van der Waals surface area contributed by atoms with Crippen LogP contribution in [0.2, 0.25) is 0 Å². The predicted octanol–water partition coefficient (Wildman–Crippen LogP) is 13.2. The highest BCUT2D eigenvalue weighted by Gasteiger charge is 2.26. The maximum Gasteiger partial charge on any atom is 0.0553 e. The van der Waals surface area contributed by atoms with Crippen molar-refractivity contribution in [2.75, 3.05) is 22.9 Å². The second-order valence-corrected chi connectivity index (χ2v) is 15.2. The van der Waals surface area contributed by atoms with E-state index in [0.29, 0.717) is 0 Å². The molecule has 0 fully saturated rings. The standard InChI is InChI=1S/C36H38Br2N2S2/c1-3-5-7-9-19-39-29-15-11-25(21-33(29)41-35-23-27(37)13-17-31(35)39)26-12-16-30-34(22-26)42-36-24-28(38)14-18-32(36)40(30)20-10-8-6-4-2/h11-18,21-24H,3-10,19-20H2,1-2H3. The molecule has 0 saturated heterocycles. The van der Waals surface area contributed by atoms with Gasteiger partial charge in [-0.2, -0.15) is 0 Å². The van der Waals surface area contributed by atoms with Gasteiger partial charge >= 0.3 is 0 Å². The Morgan fingerprint density at radius 2 is 0.857 bits per heavy atom. The van der Waals surface area contributed by atoms with Gasteiger partial charge in [-0.15, -0.1) is 0 Å². The smallest absolute Gasteiger partial charge is 0.0553 e. The van der Waals surface area contributed by atoms with Crippen LogP contribution in [0.4, 0.5) is 22.7 Å². The lowest BCUT2D eigenvalue weighted by atomic mass is 10.0. The summed E-state index contributed by atoms with van der Waals surface area (Å²) in [5.74, 6) is 0. The molecule has 4 aromatic rings. The van der Waals surface area contributed by atoms with Gasteiger partial charge in [0.05, 0.1) is 22.7 Å². The van der Waals surface area contributed by atoms with Crippen molar-refractivity contribution in [1.82, 2.24) is 0 Å². The minimum absolute atomic E-state index is 1.06. The summed E-state index contributed by atoms with van der Waals surface area (Å²) in [5.41, 5.74) is 7.88. The van der Waals surface area contributed by atoms with E-state index in [9.17, 15) is 0 Å². The minimum atomic E-state index is 1.06. The van der Waals surface area contributed by atoms with E-state index in [1.54, 1.807) is 0 Å². The van der Waals surface area contributed by atoms with Crippen LogP contribution in [-0.2, 0) is 0 Å². The molecule has 0 spiro atoms. The fourth-order valence-corrected chi connectivity index (χ4v) is 9.33. The van der Waals surface area contributed by atoms with E-state index in [4.69, 9.17) is 0 Å². The third kappa shape index (κ3) is 6.47. The van der Waals surface area contributed by atoms with Crippen LogP contribution in [0.1, 0.15) is 65.2 Å². The van der Waals surface area contributed by atoms with Crippen molar-refractivity contribution in [3.63, 3.8) is 0 Å². The number of hydrogen-bond donors (Lipinski definition) is 0. The quantitative estimate of drug-likeness (QED) is 0.142. The summed E-state index contributed by atoms with van der Waals surface area (Å²) in [4.78, 5) is 10.4. The van der Waals surface area contributed by atoms with Crippen LogP contribution >= 0.6 is 55.4 Å². The Kier molecular flexibility index (Phi) is 9.94. The molecule has 218 valence electrons. The third-order valence-electron chi connectivity index (χ3n) is 8.17. The Morgan fingerprint density at radius 3 is 1.26 bits per heavy atom. The lowest BCUT2D eigenvalue weighted by Gasteiger charge is -2.34. The number of anilines is 4. The van der Waals surface area contributed by atoms with Gasteiger partial charge in [0.2, 0.25) is 0 Å². The van der Waals surface area contributed by atoms with Gasteiger partial charge in [0.1, 0.15) is 0 Å². The molecule has 0 aliphatic carbocycles. The summed E-state index contributed by atoms with van der Waals surface area (Å²) >= 11 is 11.2. The highest BCUT2D eigenvalue weighted by Crippen LogP contribution is 2.52. The topological polar surface area (TPSA) is 6.48 Å². The Hall–Kier alpha value is -1.86. The van der Waals surface area contributed by atoms with Crippen molar-refractivity contribution >= 4 is 78.1 Å². The molecular weight excluding hydrogens is 684 g/mol. The Morgan fingerprint density at radius 1 is 0.476 bits per heavy atom. The number of rotatable bonds is 11. The molecule has 0 aromatic heterocycles. The SMILES string of the molecule is CCCCCCN1c2ccc(Br)cc2Sc2cc(-c3ccc4c(c3)Sc3cc(Br)ccc3N4CCCCCC)ccc21. The fourth-order valence-electron chi connectivity index (χ4n) is 5.95. The summed E-state index contributed by atoms with van der Waals surface area (Å²) in [7, 11) is 0. The lowest BCUT2D eigenvalue weighted by Crippen LogP contribution is -2.22. The number of hydrogen-bond acceptors (Lipinski definition) is 4. The molecule has 6 heteroatoms. The third-order valence-corrected chi connectivity index (χ3v) is 11.3. The number of benzene rings is 4. The van der Waals surface area contributed by atoms with Crippen molar-refractivity contribution in [2.24, 2.45) is 0 Å². The van der Waals surface area contributed by atoms with E-state index in [1.807, 2.05) is 23.5 Å². The van der Waals surface area contributed by atoms with Gasteiger partial charge in [0.15, 0.2) is 0 Å². The summed E-state index contributed by atoms with van der Waals surface area (Å²) in [5, 5.41) is 0. The van der Waals surface area contributed by atoms with Crippen molar-refractivity contribution in [1.29, 1.82) is 0 Å². The van der Waals surface area contributed by atoms with Crippen LogP contribution in [0.25, 0.3) is 11.1 Å². The van der Waals surface area contributed by atoms with Crippen molar-refractivity contribution in [3.8, 4) is 11.1 Å². The largest absolute Gasteiger partial charge is 0.340 e. The molecule has 0 atom stereocenters. The highest BCUT2D eigenvalue weighted by atomic mass is 79.9. The van der Waals surface area contributed by atoms with Gasteiger partial charge in [0, 0.05) is 41.6 Å². The van der Waals surface area contributed by atoms with E-state index in [-0.39, 0.29) is 0 Å². The molecular formula is C36H38Br2N2S2. The first-order valence-electron chi connectivity index (χ1n) is 15.3. The zero-order valence-corrected chi connectivity index (χ0v) is 29.3. The maximum absolute atomic E-state index is 3.71. The fraction of sp³-hybridized carbons (Fsp3) is 0.333. The zero-order chi connectivity index (χ0) is 29.1. The van der Waals surface area contributed by atoms with Crippen LogP contribution < -0.4 is 9.80 Å². The predicted molar refractivity (Wildman–Crippen MR) is 191 cm³/mol. The average molecular weight is 723 g/mol. The maximum atomic E-state index is 3.71.